The summed E-state index contributed by atoms with van der Waals surface area (Å²) in [6, 6.07) is 6.47. The average Bonchev–Trinajstić information content (AvgIpc) is 2.53. The first kappa shape index (κ1) is 13.9. The molecular formula is C16H24N2O. The second-order valence-electron chi connectivity index (χ2n) is 5.65. The SMILES string of the molecule is Cc1c(CC(C)N)c2cc(OC(C)C)ccc2n1C. The van der Waals surface area contributed by atoms with Crippen molar-refractivity contribution >= 4 is 10.9 Å². The van der Waals surface area contributed by atoms with Gasteiger partial charge in [0.05, 0.1) is 6.10 Å². The zero-order valence-electron chi connectivity index (χ0n) is 12.5. The number of rotatable bonds is 4. The number of aromatic nitrogens is 1. The summed E-state index contributed by atoms with van der Waals surface area (Å²) >= 11 is 0. The lowest BCUT2D eigenvalue weighted by Crippen LogP contribution is -2.18. The molecule has 0 radical (unpaired) electrons. The summed E-state index contributed by atoms with van der Waals surface area (Å²) in [7, 11) is 2.10. The fraction of sp³-hybridized carbons (Fsp3) is 0.500. The molecule has 3 nitrogen and oxygen atoms in total. The zero-order valence-corrected chi connectivity index (χ0v) is 12.5. The molecule has 0 saturated carbocycles. The van der Waals surface area contributed by atoms with E-state index in [9.17, 15) is 0 Å². The molecule has 0 aliphatic carbocycles. The summed E-state index contributed by atoms with van der Waals surface area (Å²) in [5.74, 6) is 0.930. The van der Waals surface area contributed by atoms with Crippen LogP contribution in [0.5, 0.6) is 5.75 Å². The molecule has 2 aromatic rings. The van der Waals surface area contributed by atoms with Crippen LogP contribution in [0.4, 0.5) is 0 Å². The number of hydrogen-bond acceptors (Lipinski definition) is 2. The summed E-state index contributed by atoms with van der Waals surface area (Å²) in [4.78, 5) is 0. The van der Waals surface area contributed by atoms with E-state index in [4.69, 9.17) is 10.5 Å². The predicted octanol–water partition coefficient (Wildman–Crippen LogP) is 3.16. The Balaban J connectivity index is 2.55. The van der Waals surface area contributed by atoms with E-state index in [2.05, 4.69) is 30.7 Å². The Morgan fingerprint density at radius 2 is 1.95 bits per heavy atom. The van der Waals surface area contributed by atoms with Gasteiger partial charge in [-0.3, -0.25) is 0 Å². The van der Waals surface area contributed by atoms with E-state index in [1.165, 1.54) is 22.2 Å². The standard InChI is InChI=1S/C16H24N2O/c1-10(2)19-13-6-7-16-15(9-13)14(8-11(3)17)12(4)18(16)5/h6-7,9-11H,8,17H2,1-5H3. The highest BCUT2D eigenvalue weighted by Crippen LogP contribution is 2.29. The minimum absolute atomic E-state index is 0.166. The molecule has 0 fully saturated rings. The molecule has 0 saturated heterocycles. The van der Waals surface area contributed by atoms with Crippen molar-refractivity contribution in [3.8, 4) is 5.75 Å². The first-order valence-corrected chi connectivity index (χ1v) is 6.90. The monoisotopic (exact) mass is 260 g/mol. The summed E-state index contributed by atoms with van der Waals surface area (Å²) in [5, 5.41) is 1.26. The van der Waals surface area contributed by atoms with Crippen molar-refractivity contribution in [2.45, 2.75) is 46.3 Å². The molecule has 19 heavy (non-hydrogen) atoms. The molecule has 1 unspecified atom stereocenters. The van der Waals surface area contributed by atoms with Crippen LogP contribution in [0.2, 0.25) is 0 Å². The van der Waals surface area contributed by atoms with Crippen LogP contribution in [0.25, 0.3) is 10.9 Å². The van der Waals surface area contributed by atoms with Gasteiger partial charge in [0.15, 0.2) is 0 Å². The molecule has 1 heterocycles. The lowest BCUT2D eigenvalue weighted by molar-refractivity contribution is 0.243. The van der Waals surface area contributed by atoms with Gasteiger partial charge >= 0.3 is 0 Å². The van der Waals surface area contributed by atoms with Crippen molar-refractivity contribution in [3.05, 3.63) is 29.5 Å². The van der Waals surface area contributed by atoms with Gasteiger partial charge in [0.1, 0.15) is 5.75 Å². The molecule has 2 rings (SSSR count). The maximum absolute atomic E-state index is 5.97. The van der Waals surface area contributed by atoms with Gasteiger partial charge in [0, 0.05) is 29.7 Å². The third kappa shape index (κ3) is 2.76. The molecule has 1 aromatic carbocycles. The highest BCUT2D eigenvalue weighted by Gasteiger charge is 2.14. The summed E-state index contributed by atoms with van der Waals surface area (Å²) in [6.07, 6.45) is 1.09. The van der Waals surface area contributed by atoms with Crippen molar-refractivity contribution in [2.75, 3.05) is 0 Å². The summed E-state index contributed by atoms with van der Waals surface area (Å²) in [5.41, 5.74) is 9.83. The van der Waals surface area contributed by atoms with Crippen molar-refractivity contribution in [1.29, 1.82) is 0 Å². The van der Waals surface area contributed by atoms with Crippen molar-refractivity contribution in [1.82, 2.24) is 4.57 Å². The first-order valence-electron chi connectivity index (χ1n) is 6.90. The Morgan fingerprint density at radius 1 is 1.26 bits per heavy atom. The van der Waals surface area contributed by atoms with Gasteiger partial charge in [0.2, 0.25) is 0 Å². The van der Waals surface area contributed by atoms with E-state index in [0.717, 1.165) is 12.2 Å². The number of hydrogen-bond donors (Lipinski definition) is 1. The number of nitrogens with zero attached hydrogens (tertiary/aromatic N) is 1. The maximum atomic E-state index is 5.97. The molecule has 104 valence electrons. The smallest absolute Gasteiger partial charge is 0.120 e. The van der Waals surface area contributed by atoms with Crippen LogP contribution < -0.4 is 10.5 Å². The van der Waals surface area contributed by atoms with Gasteiger partial charge in [-0.15, -0.1) is 0 Å². The quantitative estimate of drug-likeness (QED) is 0.917. The van der Waals surface area contributed by atoms with Crippen LogP contribution >= 0.6 is 0 Å². The van der Waals surface area contributed by atoms with Crippen LogP contribution in [-0.4, -0.2) is 16.7 Å². The van der Waals surface area contributed by atoms with Crippen molar-refractivity contribution in [3.63, 3.8) is 0 Å². The van der Waals surface area contributed by atoms with Gasteiger partial charge in [0.25, 0.3) is 0 Å². The second kappa shape index (κ2) is 5.25. The Hall–Kier alpha value is -1.48. The van der Waals surface area contributed by atoms with E-state index in [-0.39, 0.29) is 12.1 Å². The zero-order chi connectivity index (χ0) is 14.2. The largest absolute Gasteiger partial charge is 0.491 e. The van der Waals surface area contributed by atoms with Gasteiger partial charge in [-0.2, -0.15) is 0 Å². The summed E-state index contributed by atoms with van der Waals surface area (Å²) in [6.45, 7) is 8.29. The molecule has 0 spiro atoms. The van der Waals surface area contributed by atoms with E-state index in [1.807, 2.05) is 26.8 Å². The Morgan fingerprint density at radius 3 is 2.53 bits per heavy atom. The minimum atomic E-state index is 0.166. The Bertz CT molecular complexity index is 582. The fourth-order valence-corrected chi connectivity index (χ4v) is 2.55. The highest BCUT2D eigenvalue weighted by molar-refractivity contribution is 5.87. The van der Waals surface area contributed by atoms with Crippen LogP contribution in [0.1, 0.15) is 32.0 Å². The van der Waals surface area contributed by atoms with Crippen molar-refractivity contribution < 1.29 is 4.74 Å². The first-order chi connectivity index (χ1) is 8.90. The number of ether oxygens (including phenoxy) is 1. The number of nitrogens with two attached hydrogens (primary N) is 1. The maximum Gasteiger partial charge on any atom is 0.120 e. The lowest BCUT2D eigenvalue weighted by atomic mass is 10.0. The third-order valence-electron chi connectivity index (χ3n) is 3.49. The Kier molecular flexibility index (Phi) is 3.85. The average molecular weight is 260 g/mol. The van der Waals surface area contributed by atoms with E-state index >= 15 is 0 Å². The normalized spacial score (nSPS) is 13.2. The number of fused-ring (bicyclic) bond motifs is 1. The minimum Gasteiger partial charge on any atom is -0.491 e. The van der Waals surface area contributed by atoms with E-state index in [1.54, 1.807) is 0 Å². The van der Waals surface area contributed by atoms with Crippen LogP contribution in [-0.2, 0) is 13.5 Å². The highest BCUT2D eigenvalue weighted by atomic mass is 16.5. The predicted molar refractivity (Wildman–Crippen MR) is 80.8 cm³/mol. The molecule has 0 amide bonds. The van der Waals surface area contributed by atoms with Gasteiger partial charge < -0.3 is 15.0 Å². The molecule has 0 aliphatic rings. The molecule has 2 N–H and O–H groups in total. The van der Waals surface area contributed by atoms with Crippen LogP contribution in [0.3, 0.4) is 0 Å². The summed E-state index contributed by atoms with van der Waals surface area (Å²) < 4.78 is 8.02. The van der Waals surface area contributed by atoms with Gasteiger partial charge in [-0.1, -0.05) is 0 Å². The fourth-order valence-electron chi connectivity index (χ4n) is 2.55. The van der Waals surface area contributed by atoms with Crippen LogP contribution in [0, 0.1) is 6.92 Å². The van der Waals surface area contributed by atoms with E-state index in [0.29, 0.717) is 0 Å². The molecule has 1 aromatic heterocycles. The van der Waals surface area contributed by atoms with Gasteiger partial charge in [-0.05, 0) is 57.9 Å². The van der Waals surface area contributed by atoms with Crippen molar-refractivity contribution in [2.24, 2.45) is 12.8 Å². The molecule has 3 heteroatoms. The second-order valence-corrected chi connectivity index (χ2v) is 5.65. The molecular weight excluding hydrogens is 236 g/mol. The topological polar surface area (TPSA) is 40.2 Å². The molecule has 0 bridgehead atoms. The third-order valence-corrected chi connectivity index (χ3v) is 3.49. The Labute approximate surface area is 115 Å². The number of aryl methyl sites for hydroxylation is 1. The van der Waals surface area contributed by atoms with Crippen LogP contribution in [0.15, 0.2) is 18.2 Å². The van der Waals surface area contributed by atoms with Gasteiger partial charge in [-0.25, -0.2) is 0 Å². The molecule has 0 aliphatic heterocycles. The van der Waals surface area contributed by atoms with E-state index < -0.39 is 0 Å². The molecule has 1 atom stereocenters. The lowest BCUT2D eigenvalue weighted by Gasteiger charge is -2.10. The number of benzene rings is 1.